The summed E-state index contributed by atoms with van der Waals surface area (Å²) in [5, 5.41) is 5.25. The minimum absolute atomic E-state index is 0.506. The molecule has 0 radical (unpaired) electrons. The average Bonchev–Trinajstić information content (AvgIpc) is 2.41. The zero-order chi connectivity index (χ0) is 13.8. The van der Waals surface area contributed by atoms with Crippen molar-refractivity contribution < 1.29 is 0 Å². The van der Waals surface area contributed by atoms with E-state index in [1.165, 1.54) is 5.56 Å². The van der Waals surface area contributed by atoms with Crippen molar-refractivity contribution in [3.05, 3.63) is 41.0 Å². The minimum atomic E-state index is 0.506. The molecule has 1 N–H and O–H groups in total. The lowest BCUT2D eigenvalue weighted by molar-refractivity contribution is 0.303. The Labute approximate surface area is 119 Å². The van der Waals surface area contributed by atoms with Crippen LogP contribution in [0.25, 0.3) is 10.9 Å². The molecule has 1 aromatic carbocycles. The number of fused-ring (bicyclic) bond motifs is 1. The maximum Gasteiger partial charge on any atom is 0.0761 e. The van der Waals surface area contributed by atoms with Gasteiger partial charge in [-0.3, -0.25) is 4.98 Å². The molecule has 1 aromatic heterocycles. The van der Waals surface area contributed by atoms with Gasteiger partial charge in [-0.2, -0.15) is 0 Å². The fraction of sp³-hybridized carbons (Fsp3) is 0.400. The summed E-state index contributed by atoms with van der Waals surface area (Å²) in [7, 11) is 4.18. The first-order valence-corrected chi connectivity index (χ1v) is 6.86. The van der Waals surface area contributed by atoms with E-state index in [2.05, 4.69) is 36.2 Å². The highest BCUT2D eigenvalue weighted by Crippen LogP contribution is 2.24. The molecule has 0 aliphatic rings. The predicted molar refractivity (Wildman–Crippen MR) is 81.6 cm³/mol. The molecule has 1 heterocycles. The molecule has 19 heavy (non-hydrogen) atoms. The lowest BCUT2D eigenvalue weighted by atomic mass is 10.1. The Morgan fingerprint density at radius 2 is 2.11 bits per heavy atom. The Kier molecular flexibility index (Phi) is 4.75. The van der Waals surface area contributed by atoms with Gasteiger partial charge in [0.25, 0.3) is 0 Å². The van der Waals surface area contributed by atoms with Crippen molar-refractivity contribution in [2.45, 2.75) is 19.5 Å². The first-order chi connectivity index (χ1) is 9.09. The molecule has 2 rings (SSSR count). The second kappa shape index (κ2) is 6.33. The first-order valence-electron chi connectivity index (χ1n) is 6.49. The Balaban J connectivity index is 2.11. The maximum atomic E-state index is 6.19. The summed E-state index contributed by atoms with van der Waals surface area (Å²) in [6, 6.07) is 8.42. The Morgan fingerprint density at radius 3 is 2.84 bits per heavy atom. The summed E-state index contributed by atoms with van der Waals surface area (Å²) >= 11 is 6.19. The van der Waals surface area contributed by atoms with Crippen LogP contribution in [0.4, 0.5) is 0 Å². The third kappa shape index (κ3) is 3.44. The van der Waals surface area contributed by atoms with Crippen molar-refractivity contribution in [1.29, 1.82) is 0 Å². The lowest BCUT2D eigenvalue weighted by Gasteiger charge is -2.20. The van der Waals surface area contributed by atoms with Gasteiger partial charge in [0.2, 0.25) is 0 Å². The van der Waals surface area contributed by atoms with Crippen molar-refractivity contribution in [1.82, 2.24) is 15.2 Å². The molecule has 0 bridgehead atoms. The molecule has 1 atom stereocenters. The lowest BCUT2D eigenvalue weighted by Crippen LogP contribution is -2.35. The SMILES string of the molecule is CC(CNCc1ccc(Cl)c2cccnc12)N(C)C. The number of nitrogens with one attached hydrogen (secondary N) is 1. The molecule has 4 heteroatoms. The first kappa shape index (κ1) is 14.3. The monoisotopic (exact) mass is 277 g/mol. The summed E-state index contributed by atoms with van der Waals surface area (Å²) in [5.41, 5.74) is 2.17. The molecule has 1 unspecified atom stereocenters. The van der Waals surface area contributed by atoms with Crippen LogP contribution in [-0.2, 0) is 6.54 Å². The molecule has 102 valence electrons. The van der Waals surface area contributed by atoms with Gasteiger partial charge in [0.05, 0.1) is 5.52 Å². The molecule has 0 fully saturated rings. The van der Waals surface area contributed by atoms with Crippen molar-refractivity contribution >= 4 is 22.5 Å². The van der Waals surface area contributed by atoms with Crippen molar-refractivity contribution in [3.63, 3.8) is 0 Å². The van der Waals surface area contributed by atoms with Crippen LogP contribution in [0, 0.1) is 0 Å². The minimum Gasteiger partial charge on any atom is -0.311 e. The number of hydrogen-bond acceptors (Lipinski definition) is 3. The summed E-state index contributed by atoms with van der Waals surface area (Å²) < 4.78 is 0. The molecular formula is C15H20ClN3. The van der Waals surface area contributed by atoms with Gasteiger partial charge in [0, 0.05) is 35.7 Å². The zero-order valence-corrected chi connectivity index (χ0v) is 12.4. The fourth-order valence-electron chi connectivity index (χ4n) is 1.94. The van der Waals surface area contributed by atoms with Crippen LogP contribution in [0.5, 0.6) is 0 Å². The van der Waals surface area contributed by atoms with E-state index in [0.717, 1.165) is 29.0 Å². The highest BCUT2D eigenvalue weighted by atomic mass is 35.5. The van der Waals surface area contributed by atoms with E-state index in [0.29, 0.717) is 6.04 Å². The number of halogens is 1. The summed E-state index contributed by atoms with van der Waals surface area (Å²) in [6.45, 7) is 3.96. The van der Waals surface area contributed by atoms with Crippen molar-refractivity contribution in [3.8, 4) is 0 Å². The topological polar surface area (TPSA) is 28.2 Å². The van der Waals surface area contributed by atoms with Gasteiger partial charge >= 0.3 is 0 Å². The van der Waals surface area contributed by atoms with E-state index in [9.17, 15) is 0 Å². The van der Waals surface area contributed by atoms with Gasteiger partial charge in [-0.15, -0.1) is 0 Å². The second-order valence-corrected chi connectivity index (χ2v) is 5.46. The Bertz CT molecular complexity index is 554. The van der Waals surface area contributed by atoms with Crippen molar-refractivity contribution in [2.24, 2.45) is 0 Å². The number of aromatic nitrogens is 1. The van der Waals surface area contributed by atoms with Crippen LogP contribution in [0.15, 0.2) is 30.5 Å². The number of nitrogens with zero attached hydrogens (tertiary/aromatic N) is 2. The van der Waals surface area contributed by atoms with Crippen LogP contribution in [-0.4, -0.2) is 36.6 Å². The van der Waals surface area contributed by atoms with Gasteiger partial charge < -0.3 is 10.2 Å². The van der Waals surface area contributed by atoms with Crippen LogP contribution in [0.1, 0.15) is 12.5 Å². The summed E-state index contributed by atoms with van der Waals surface area (Å²) in [4.78, 5) is 6.64. The van der Waals surface area contributed by atoms with Crippen LogP contribution < -0.4 is 5.32 Å². The van der Waals surface area contributed by atoms with Crippen LogP contribution in [0.3, 0.4) is 0 Å². The van der Waals surface area contributed by atoms with E-state index in [4.69, 9.17) is 11.6 Å². The standard InChI is InChI=1S/C15H20ClN3/c1-11(19(2)3)9-17-10-12-6-7-14(16)13-5-4-8-18-15(12)13/h4-8,11,17H,9-10H2,1-3H3. The Hall–Kier alpha value is -1.16. The number of hydrogen-bond donors (Lipinski definition) is 1. The fourth-order valence-corrected chi connectivity index (χ4v) is 2.15. The normalized spacial score (nSPS) is 13.1. The molecule has 0 aliphatic carbocycles. The third-order valence-electron chi connectivity index (χ3n) is 3.44. The number of rotatable bonds is 5. The van der Waals surface area contributed by atoms with Gasteiger partial charge in [-0.1, -0.05) is 17.7 Å². The van der Waals surface area contributed by atoms with Gasteiger partial charge in [0.15, 0.2) is 0 Å². The molecule has 2 aromatic rings. The molecule has 0 saturated heterocycles. The van der Waals surface area contributed by atoms with Crippen LogP contribution in [0.2, 0.25) is 5.02 Å². The molecule has 3 nitrogen and oxygen atoms in total. The predicted octanol–water partition coefficient (Wildman–Crippen LogP) is 2.93. The third-order valence-corrected chi connectivity index (χ3v) is 3.77. The quantitative estimate of drug-likeness (QED) is 0.911. The van der Waals surface area contributed by atoms with Crippen molar-refractivity contribution in [2.75, 3.05) is 20.6 Å². The maximum absolute atomic E-state index is 6.19. The molecule has 0 spiro atoms. The average molecular weight is 278 g/mol. The van der Waals surface area contributed by atoms with E-state index in [1.807, 2.05) is 30.5 Å². The molecule has 0 saturated carbocycles. The van der Waals surface area contributed by atoms with Gasteiger partial charge in [-0.05, 0) is 44.8 Å². The van der Waals surface area contributed by atoms with E-state index < -0.39 is 0 Å². The van der Waals surface area contributed by atoms with E-state index in [1.54, 1.807) is 0 Å². The van der Waals surface area contributed by atoms with Gasteiger partial charge in [0.1, 0.15) is 0 Å². The smallest absolute Gasteiger partial charge is 0.0761 e. The number of benzene rings is 1. The van der Waals surface area contributed by atoms with Crippen LogP contribution >= 0.6 is 11.6 Å². The largest absolute Gasteiger partial charge is 0.311 e. The molecular weight excluding hydrogens is 258 g/mol. The number of likely N-dealkylation sites (N-methyl/N-ethyl adjacent to an activating group) is 1. The summed E-state index contributed by atoms with van der Waals surface area (Å²) in [5.74, 6) is 0. The summed E-state index contributed by atoms with van der Waals surface area (Å²) in [6.07, 6.45) is 1.81. The van der Waals surface area contributed by atoms with Gasteiger partial charge in [-0.25, -0.2) is 0 Å². The molecule has 0 aliphatic heterocycles. The van der Waals surface area contributed by atoms with E-state index >= 15 is 0 Å². The van der Waals surface area contributed by atoms with E-state index in [-0.39, 0.29) is 0 Å². The molecule has 0 amide bonds. The number of pyridine rings is 1. The zero-order valence-electron chi connectivity index (χ0n) is 11.7. The Morgan fingerprint density at radius 1 is 1.32 bits per heavy atom. The highest BCUT2D eigenvalue weighted by Gasteiger charge is 2.07. The second-order valence-electron chi connectivity index (χ2n) is 5.05. The highest BCUT2D eigenvalue weighted by molar-refractivity contribution is 6.35.